The van der Waals surface area contributed by atoms with Gasteiger partial charge in [-0.1, -0.05) is 18.2 Å². The molecular weight excluding hydrogens is 374 g/mol. The summed E-state index contributed by atoms with van der Waals surface area (Å²) in [5.41, 5.74) is 4.87. The standard InChI is InChI=1S/C17H18BrN3O3/c1-11-6-4-5-7-14(11)20-17(22)21-19-10-12-8-15(23-2)16(24-3)9-13(12)18/h4-10H,1-3H3,(H2,20,21,22). The number of halogens is 1. The molecule has 2 aromatic rings. The monoisotopic (exact) mass is 391 g/mol. The second-order valence-corrected chi connectivity index (χ2v) is 5.72. The van der Waals surface area contributed by atoms with Gasteiger partial charge in [0.2, 0.25) is 0 Å². The number of carbonyl (C=O) groups excluding carboxylic acids is 1. The first-order valence-electron chi connectivity index (χ1n) is 7.12. The van der Waals surface area contributed by atoms with E-state index in [1.807, 2.05) is 31.2 Å². The minimum absolute atomic E-state index is 0.419. The summed E-state index contributed by atoms with van der Waals surface area (Å²) in [6.45, 7) is 1.92. The van der Waals surface area contributed by atoms with Gasteiger partial charge in [-0.05, 0) is 46.6 Å². The van der Waals surface area contributed by atoms with Gasteiger partial charge >= 0.3 is 6.03 Å². The predicted molar refractivity (Wildman–Crippen MR) is 98.2 cm³/mol. The number of benzene rings is 2. The maximum absolute atomic E-state index is 11.9. The van der Waals surface area contributed by atoms with Crippen LogP contribution in [-0.4, -0.2) is 26.5 Å². The average Bonchev–Trinajstić information content (AvgIpc) is 2.58. The Balaban J connectivity index is 2.03. The van der Waals surface area contributed by atoms with Crippen molar-refractivity contribution in [1.29, 1.82) is 0 Å². The number of anilines is 1. The van der Waals surface area contributed by atoms with Gasteiger partial charge in [-0.3, -0.25) is 0 Å². The molecule has 0 bridgehead atoms. The Kier molecular flexibility index (Phi) is 6.20. The van der Waals surface area contributed by atoms with Gasteiger partial charge in [0, 0.05) is 15.7 Å². The Morgan fingerprint density at radius 3 is 2.50 bits per heavy atom. The number of hydrogen-bond donors (Lipinski definition) is 2. The van der Waals surface area contributed by atoms with Gasteiger partial charge in [0.1, 0.15) is 0 Å². The number of nitrogens with one attached hydrogen (secondary N) is 2. The highest BCUT2D eigenvalue weighted by Crippen LogP contribution is 2.32. The van der Waals surface area contributed by atoms with Crippen molar-refractivity contribution in [2.75, 3.05) is 19.5 Å². The van der Waals surface area contributed by atoms with E-state index >= 15 is 0 Å². The molecule has 0 saturated heterocycles. The Hall–Kier alpha value is -2.54. The molecule has 0 radical (unpaired) electrons. The van der Waals surface area contributed by atoms with Crippen molar-refractivity contribution in [3.8, 4) is 11.5 Å². The first-order valence-corrected chi connectivity index (χ1v) is 7.91. The largest absolute Gasteiger partial charge is 0.493 e. The van der Waals surface area contributed by atoms with Crippen LogP contribution in [0.25, 0.3) is 0 Å². The molecule has 0 aliphatic carbocycles. The summed E-state index contributed by atoms with van der Waals surface area (Å²) in [5, 5.41) is 6.68. The van der Waals surface area contributed by atoms with E-state index in [0.717, 1.165) is 21.3 Å². The third-order valence-corrected chi connectivity index (χ3v) is 3.95. The van der Waals surface area contributed by atoms with Crippen molar-refractivity contribution in [3.63, 3.8) is 0 Å². The van der Waals surface area contributed by atoms with Gasteiger partial charge in [0.05, 0.1) is 20.4 Å². The molecule has 0 aliphatic heterocycles. The zero-order valence-corrected chi connectivity index (χ0v) is 15.2. The van der Waals surface area contributed by atoms with Crippen LogP contribution in [0.5, 0.6) is 11.5 Å². The van der Waals surface area contributed by atoms with Crippen molar-refractivity contribution in [2.24, 2.45) is 5.10 Å². The lowest BCUT2D eigenvalue weighted by atomic mass is 10.2. The third-order valence-electron chi connectivity index (χ3n) is 3.27. The van der Waals surface area contributed by atoms with E-state index in [1.54, 1.807) is 26.4 Å². The second kappa shape index (κ2) is 8.35. The molecule has 0 fully saturated rings. The van der Waals surface area contributed by atoms with Gasteiger partial charge < -0.3 is 14.8 Å². The van der Waals surface area contributed by atoms with Gasteiger partial charge in [-0.15, -0.1) is 0 Å². The number of para-hydroxylation sites is 1. The normalized spacial score (nSPS) is 10.5. The minimum Gasteiger partial charge on any atom is -0.493 e. The highest BCUT2D eigenvalue weighted by molar-refractivity contribution is 9.10. The van der Waals surface area contributed by atoms with Crippen LogP contribution in [0.3, 0.4) is 0 Å². The SMILES string of the molecule is COc1cc(Br)c(C=NNC(=O)Nc2ccccc2C)cc1OC. The topological polar surface area (TPSA) is 72.0 Å². The Bertz CT molecular complexity index is 763. The third kappa shape index (κ3) is 4.48. The summed E-state index contributed by atoms with van der Waals surface area (Å²) in [4.78, 5) is 11.9. The number of carbonyl (C=O) groups is 1. The number of aryl methyl sites for hydroxylation is 1. The van der Waals surface area contributed by atoms with Crippen LogP contribution in [0.4, 0.5) is 10.5 Å². The molecule has 2 rings (SSSR count). The van der Waals surface area contributed by atoms with E-state index in [2.05, 4.69) is 31.8 Å². The number of hydrazone groups is 1. The highest BCUT2D eigenvalue weighted by Gasteiger charge is 2.08. The van der Waals surface area contributed by atoms with E-state index in [0.29, 0.717) is 11.5 Å². The van der Waals surface area contributed by atoms with Crippen LogP contribution in [0.2, 0.25) is 0 Å². The molecule has 0 saturated carbocycles. The summed E-state index contributed by atoms with van der Waals surface area (Å²) in [6.07, 6.45) is 1.52. The molecule has 0 atom stereocenters. The summed E-state index contributed by atoms with van der Waals surface area (Å²) in [7, 11) is 3.12. The molecular formula is C17H18BrN3O3. The number of amides is 2. The zero-order chi connectivity index (χ0) is 17.5. The average molecular weight is 392 g/mol. The van der Waals surface area contributed by atoms with Crippen LogP contribution in [-0.2, 0) is 0 Å². The van der Waals surface area contributed by atoms with E-state index in [1.165, 1.54) is 6.21 Å². The van der Waals surface area contributed by atoms with Gasteiger partial charge in [-0.25, -0.2) is 10.2 Å². The molecule has 2 aromatic carbocycles. The van der Waals surface area contributed by atoms with E-state index in [4.69, 9.17) is 9.47 Å². The smallest absolute Gasteiger partial charge is 0.339 e. The molecule has 126 valence electrons. The number of rotatable bonds is 5. The van der Waals surface area contributed by atoms with E-state index in [9.17, 15) is 4.79 Å². The molecule has 2 N–H and O–H groups in total. The number of hydrogen-bond acceptors (Lipinski definition) is 4. The van der Waals surface area contributed by atoms with Gasteiger partial charge in [0.25, 0.3) is 0 Å². The van der Waals surface area contributed by atoms with Crippen molar-refractivity contribution in [1.82, 2.24) is 5.43 Å². The van der Waals surface area contributed by atoms with Crippen molar-refractivity contribution < 1.29 is 14.3 Å². The molecule has 0 heterocycles. The lowest BCUT2D eigenvalue weighted by molar-refractivity contribution is 0.252. The van der Waals surface area contributed by atoms with E-state index < -0.39 is 6.03 Å². The van der Waals surface area contributed by atoms with Gasteiger partial charge in [-0.2, -0.15) is 5.10 Å². The minimum atomic E-state index is -0.419. The van der Waals surface area contributed by atoms with Gasteiger partial charge in [0.15, 0.2) is 11.5 Å². The molecule has 0 aromatic heterocycles. The van der Waals surface area contributed by atoms with Crippen LogP contribution in [0.15, 0.2) is 46.0 Å². The number of methoxy groups -OCH3 is 2. The lowest BCUT2D eigenvalue weighted by Gasteiger charge is -2.09. The Labute approximate surface area is 149 Å². The fraction of sp³-hybridized carbons (Fsp3) is 0.176. The number of nitrogens with zero attached hydrogens (tertiary/aromatic N) is 1. The molecule has 0 unspecified atom stereocenters. The van der Waals surface area contributed by atoms with Crippen LogP contribution in [0.1, 0.15) is 11.1 Å². The molecule has 7 heteroatoms. The summed E-state index contributed by atoms with van der Waals surface area (Å²) < 4.78 is 11.2. The summed E-state index contributed by atoms with van der Waals surface area (Å²) in [6, 6.07) is 10.6. The number of urea groups is 1. The van der Waals surface area contributed by atoms with Crippen LogP contribution >= 0.6 is 15.9 Å². The first kappa shape index (κ1) is 17.8. The Morgan fingerprint density at radius 2 is 1.83 bits per heavy atom. The van der Waals surface area contributed by atoms with Crippen LogP contribution in [0, 0.1) is 6.92 Å². The molecule has 0 aliphatic rings. The first-order chi connectivity index (χ1) is 11.5. The maximum atomic E-state index is 11.9. The van der Waals surface area contributed by atoms with Crippen LogP contribution < -0.4 is 20.2 Å². The summed E-state index contributed by atoms with van der Waals surface area (Å²) in [5.74, 6) is 1.18. The zero-order valence-electron chi connectivity index (χ0n) is 13.6. The van der Waals surface area contributed by atoms with Crippen molar-refractivity contribution in [2.45, 2.75) is 6.92 Å². The van der Waals surface area contributed by atoms with Crippen molar-refractivity contribution in [3.05, 3.63) is 52.0 Å². The lowest BCUT2D eigenvalue weighted by Crippen LogP contribution is -2.24. The Morgan fingerprint density at radius 1 is 1.17 bits per heavy atom. The molecule has 2 amide bonds. The summed E-state index contributed by atoms with van der Waals surface area (Å²) >= 11 is 3.43. The van der Waals surface area contributed by atoms with Crippen molar-refractivity contribution >= 4 is 33.9 Å². The van der Waals surface area contributed by atoms with E-state index in [-0.39, 0.29) is 0 Å². The maximum Gasteiger partial charge on any atom is 0.339 e. The fourth-order valence-corrected chi connectivity index (χ4v) is 2.42. The molecule has 6 nitrogen and oxygen atoms in total. The predicted octanol–water partition coefficient (Wildman–Crippen LogP) is 3.93. The second-order valence-electron chi connectivity index (χ2n) is 4.87. The molecule has 24 heavy (non-hydrogen) atoms. The molecule has 0 spiro atoms. The fourth-order valence-electron chi connectivity index (χ4n) is 1.99. The number of ether oxygens (including phenoxy) is 2. The quantitative estimate of drug-likeness (QED) is 0.598. The highest BCUT2D eigenvalue weighted by atomic mass is 79.9.